The first-order chi connectivity index (χ1) is 7.20. The lowest BCUT2D eigenvalue weighted by Crippen LogP contribution is -2.43. The van der Waals surface area contributed by atoms with Crippen LogP contribution in [0, 0.1) is 17.3 Å². The monoisotopic (exact) mass is 210 g/mol. The number of hydrogen-bond donors (Lipinski definition) is 0. The summed E-state index contributed by atoms with van der Waals surface area (Å²) in [6, 6.07) is 0. The molecule has 0 heterocycles. The molecule has 2 nitrogen and oxygen atoms in total. The van der Waals surface area contributed by atoms with Gasteiger partial charge in [0.25, 0.3) is 0 Å². The van der Waals surface area contributed by atoms with Crippen LogP contribution in [0.5, 0.6) is 0 Å². The van der Waals surface area contributed by atoms with Gasteiger partial charge >= 0.3 is 5.97 Å². The Morgan fingerprint density at radius 3 is 2.93 bits per heavy atom. The molecule has 2 heteroatoms. The van der Waals surface area contributed by atoms with Crippen LogP contribution in [0.15, 0.2) is 0 Å². The first-order valence-electron chi connectivity index (χ1n) is 6.28. The molecule has 0 aromatic carbocycles. The SMILES string of the molecule is CCC1CC2CCCC(C(=O)OC)(C1)C2. The molecule has 2 fully saturated rings. The summed E-state index contributed by atoms with van der Waals surface area (Å²) in [6.45, 7) is 2.25. The summed E-state index contributed by atoms with van der Waals surface area (Å²) in [4.78, 5) is 11.9. The van der Waals surface area contributed by atoms with Crippen LogP contribution in [-0.4, -0.2) is 13.1 Å². The van der Waals surface area contributed by atoms with Crippen LogP contribution in [0.2, 0.25) is 0 Å². The van der Waals surface area contributed by atoms with Crippen molar-refractivity contribution in [1.29, 1.82) is 0 Å². The Bertz CT molecular complexity index is 249. The second-order valence-electron chi connectivity index (χ2n) is 5.45. The zero-order valence-electron chi connectivity index (χ0n) is 9.92. The van der Waals surface area contributed by atoms with Gasteiger partial charge in [-0.1, -0.05) is 26.2 Å². The van der Waals surface area contributed by atoms with Crippen molar-refractivity contribution in [3.8, 4) is 0 Å². The van der Waals surface area contributed by atoms with Crippen molar-refractivity contribution < 1.29 is 9.53 Å². The molecule has 0 saturated heterocycles. The van der Waals surface area contributed by atoms with Crippen LogP contribution in [-0.2, 0) is 9.53 Å². The van der Waals surface area contributed by atoms with Crippen LogP contribution in [0.4, 0.5) is 0 Å². The number of rotatable bonds is 2. The van der Waals surface area contributed by atoms with E-state index in [1.54, 1.807) is 0 Å². The fourth-order valence-electron chi connectivity index (χ4n) is 3.78. The maximum atomic E-state index is 11.9. The molecule has 2 saturated carbocycles. The highest BCUT2D eigenvalue weighted by atomic mass is 16.5. The topological polar surface area (TPSA) is 26.3 Å². The van der Waals surface area contributed by atoms with Crippen LogP contribution in [0.25, 0.3) is 0 Å². The lowest BCUT2D eigenvalue weighted by Gasteiger charge is -2.46. The lowest BCUT2D eigenvalue weighted by atomic mass is 9.58. The van der Waals surface area contributed by atoms with Crippen molar-refractivity contribution in [3.63, 3.8) is 0 Å². The summed E-state index contributed by atoms with van der Waals surface area (Å²) in [5.74, 6) is 1.60. The van der Waals surface area contributed by atoms with Gasteiger partial charge in [-0.3, -0.25) is 4.79 Å². The minimum absolute atomic E-state index is 0.0605. The van der Waals surface area contributed by atoms with Gasteiger partial charge in [0, 0.05) is 0 Å². The molecule has 2 bridgehead atoms. The number of esters is 1. The quantitative estimate of drug-likeness (QED) is 0.654. The summed E-state index contributed by atoms with van der Waals surface area (Å²) in [5, 5.41) is 0. The number of carbonyl (C=O) groups is 1. The van der Waals surface area contributed by atoms with Gasteiger partial charge in [-0.05, 0) is 37.5 Å². The van der Waals surface area contributed by atoms with E-state index in [0.717, 1.165) is 31.1 Å². The Labute approximate surface area is 92.4 Å². The van der Waals surface area contributed by atoms with Crippen molar-refractivity contribution in [2.75, 3.05) is 7.11 Å². The molecule has 15 heavy (non-hydrogen) atoms. The molecule has 0 N–H and O–H groups in total. The summed E-state index contributed by atoms with van der Waals surface area (Å²) in [7, 11) is 1.54. The van der Waals surface area contributed by atoms with E-state index < -0.39 is 0 Å². The maximum Gasteiger partial charge on any atom is 0.311 e. The molecular weight excluding hydrogens is 188 g/mol. The third-order valence-electron chi connectivity index (χ3n) is 4.49. The summed E-state index contributed by atoms with van der Waals surface area (Å²) < 4.78 is 5.02. The van der Waals surface area contributed by atoms with Gasteiger partial charge < -0.3 is 4.74 Å². The molecule has 0 aromatic rings. The van der Waals surface area contributed by atoms with E-state index >= 15 is 0 Å². The predicted molar refractivity (Wildman–Crippen MR) is 59.4 cm³/mol. The van der Waals surface area contributed by atoms with E-state index in [2.05, 4.69) is 6.92 Å². The maximum absolute atomic E-state index is 11.9. The third kappa shape index (κ3) is 1.91. The zero-order chi connectivity index (χ0) is 10.9. The number of methoxy groups -OCH3 is 1. The van der Waals surface area contributed by atoms with Crippen LogP contribution in [0.1, 0.15) is 51.9 Å². The third-order valence-corrected chi connectivity index (χ3v) is 4.49. The first kappa shape index (κ1) is 11.0. The van der Waals surface area contributed by atoms with Crippen molar-refractivity contribution in [3.05, 3.63) is 0 Å². The van der Waals surface area contributed by atoms with E-state index in [9.17, 15) is 4.79 Å². The zero-order valence-corrected chi connectivity index (χ0v) is 9.92. The van der Waals surface area contributed by atoms with E-state index in [4.69, 9.17) is 4.74 Å². The van der Waals surface area contributed by atoms with Crippen molar-refractivity contribution in [2.45, 2.75) is 51.9 Å². The van der Waals surface area contributed by atoms with Crippen molar-refractivity contribution in [1.82, 2.24) is 0 Å². The molecule has 0 radical (unpaired) electrons. The summed E-state index contributed by atoms with van der Waals surface area (Å²) in [6.07, 6.45) is 8.34. The Morgan fingerprint density at radius 2 is 2.27 bits per heavy atom. The Kier molecular flexibility index (Phi) is 3.03. The minimum atomic E-state index is -0.101. The predicted octanol–water partition coefficient (Wildman–Crippen LogP) is 3.16. The van der Waals surface area contributed by atoms with Crippen molar-refractivity contribution in [2.24, 2.45) is 17.3 Å². The lowest BCUT2D eigenvalue weighted by molar-refractivity contribution is -0.160. The van der Waals surface area contributed by atoms with Crippen LogP contribution >= 0.6 is 0 Å². The van der Waals surface area contributed by atoms with Crippen LogP contribution < -0.4 is 0 Å². The van der Waals surface area contributed by atoms with Gasteiger partial charge in [0.1, 0.15) is 0 Å². The molecule has 86 valence electrons. The van der Waals surface area contributed by atoms with Gasteiger partial charge in [0.2, 0.25) is 0 Å². The van der Waals surface area contributed by atoms with Gasteiger partial charge in [-0.25, -0.2) is 0 Å². The second-order valence-corrected chi connectivity index (χ2v) is 5.45. The molecule has 3 atom stereocenters. The second kappa shape index (κ2) is 4.15. The standard InChI is InChI=1S/C13H22O2/c1-3-10-7-11-5-4-6-13(8-10,9-11)12(14)15-2/h10-11H,3-9H2,1-2H3. The average Bonchev–Trinajstić information content (AvgIpc) is 2.27. The molecular formula is C13H22O2. The van der Waals surface area contributed by atoms with E-state index in [1.165, 1.54) is 32.8 Å². The van der Waals surface area contributed by atoms with Gasteiger partial charge in [0.05, 0.1) is 12.5 Å². The molecule has 2 aliphatic rings. The van der Waals surface area contributed by atoms with E-state index in [-0.39, 0.29) is 11.4 Å². The minimum Gasteiger partial charge on any atom is -0.469 e. The van der Waals surface area contributed by atoms with Crippen molar-refractivity contribution >= 4 is 5.97 Å². The molecule has 2 aliphatic carbocycles. The molecule has 0 aliphatic heterocycles. The molecule has 0 amide bonds. The van der Waals surface area contributed by atoms with Gasteiger partial charge in [-0.2, -0.15) is 0 Å². The molecule has 0 aromatic heterocycles. The number of carbonyl (C=O) groups excluding carboxylic acids is 1. The molecule has 3 unspecified atom stereocenters. The summed E-state index contributed by atoms with van der Waals surface area (Å²) in [5.41, 5.74) is -0.101. The Morgan fingerprint density at radius 1 is 1.47 bits per heavy atom. The van der Waals surface area contributed by atoms with Gasteiger partial charge in [0.15, 0.2) is 0 Å². The largest absolute Gasteiger partial charge is 0.469 e. The van der Waals surface area contributed by atoms with E-state index in [1.807, 2.05) is 0 Å². The van der Waals surface area contributed by atoms with Crippen LogP contribution in [0.3, 0.4) is 0 Å². The normalized spacial score (nSPS) is 39.9. The first-order valence-corrected chi connectivity index (χ1v) is 6.28. The number of fused-ring (bicyclic) bond motifs is 2. The Hall–Kier alpha value is -0.530. The summed E-state index contributed by atoms with van der Waals surface area (Å²) >= 11 is 0. The Balaban J connectivity index is 2.17. The average molecular weight is 210 g/mol. The fourth-order valence-corrected chi connectivity index (χ4v) is 3.78. The van der Waals surface area contributed by atoms with Gasteiger partial charge in [-0.15, -0.1) is 0 Å². The molecule has 2 rings (SSSR count). The number of hydrogen-bond acceptors (Lipinski definition) is 2. The number of ether oxygens (including phenoxy) is 1. The highest BCUT2D eigenvalue weighted by Gasteiger charge is 2.48. The molecule has 0 spiro atoms. The van der Waals surface area contributed by atoms with E-state index in [0.29, 0.717) is 0 Å². The highest BCUT2D eigenvalue weighted by molar-refractivity contribution is 5.77. The smallest absolute Gasteiger partial charge is 0.311 e. The highest BCUT2D eigenvalue weighted by Crippen LogP contribution is 2.52. The fraction of sp³-hybridized carbons (Fsp3) is 0.923.